The van der Waals surface area contributed by atoms with E-state index >= 15 is 0 Å². The minimum atomic E-state index is -0.318. The highest BCUT2D eigenvalue weighted by molar-refractivity contribution is 5.77. The number of carbonyl (C=O) groups is 1. The SMILES string of the molecule is Cc1cc(C)c(CC(CN)C(N)=O)c(C)c1. The van der Waals surface area contributed by atoms with Crippen molar-refractivity contribution in [2.75, 3.05) is 6.54 Å². The fourth-order valence-corrected chi connectivity index (χ4v) is 2.08. The molecule has 4 N–H and O–H groups in total. The summed E-state index contributed by atoms with van der Waals surface area (Å²) in [5.41, 5.74) is 15.7. The quantitative estimate of drug-likeness (QED) is 0.801. The molecule has 0 saturated heterocycles. The highest BCUT2D eigenvalue weighted by Crippen LogP contribution is 2.19. The predicted octanol–water partition coefficient (Wildman–Crippen LogP) is 1.21. The van der Waals surface area contributed by atoms with Crippen molar-refractivity contribution in [2.24, 2.45) is 17.4 Å². The third-order valence-electron chi connectivity index (χ3n) is 2.98. The monoisotopic (exact) mass is 220 g/mol. The first kappa shape index (κ1) is 12.7. The van der Waals surface area contributed by atoms with Gasteiger partial charge < -0.3 is 11.5 Å². The van der Waals surface area contributed by atoms with Crippen LogP contribution in [0.4, 0.5) is 0 Å². The summed E-state index contributed by atoms with van der Waals surface area (Å²) in [5.74, 6) is -0.581. The number of amides is 1. The van der Waals surface area contributed by atoms with Crippen molar-refractivity contribution >= 4 is 5.91 Å². The van der Waals surface area contributed by atoms with E-state index in [0.29, 0.717) is 13.0 Å². The van der Waals surface area contributed by atoms with E-state index in [2.05, 4.69) is 32.9 Å². The Bertz CT molecular complexity index is 376. The molecule has 1 unspecified atom stereocenters. The van der Waals surface area contributed by atoms with Gasteiger partial charge in [0.25, 0.3) is 0 Å². The second kappa shape index (κ2) is 5.12. The van der Waals surface area contributed by atoms with Gasteiger partial charge in [-0.15, -0.1) is 0 Å². The van der Waals surface area contributed by atoms with Gasteiger partial charge in [-0.1, -0.05) is 17.7 Å². The zero-order chi connectivity index (χ0) is 12.3. The first-order valence-corrected chi connectivity index (χ1v) is 5.51. The lowest BCUT2D eigenvalue weighted by molar-refractivity contribution is -0.121. The van der Waals surface area contributed by atoms with Crippen LogP contribution >= 0.6 is 0 Å². The highest BCUT2D eigenvalue weighted by atomic mass is 16.1. The molecule has 1 rings (SSSR count). The average Bonchev–Trinajstić information content (AvgIpc) is 2.15. The predicted molar refractivity (Wildman–Crippen MR) is 66.1 cm³/mol. The van der Waals surface area contributed by atoms with E-state index in [4.69, 9.17) is 11.5 Å². The molecule has 0 spiro atoms. The molecule has 0 fully saturated rings. The summed E-state index contributed by atoms with van der Waals surface area (Å²) in [6, 6.07) is 4.24. The molecular formula is C13H20N2O. The van der Waals surface area contributed by atoms with Crippen molar-refractivity contribution in [3.05, 3.63) is 34.4 Å². The summed E-state index contributed by atoms with van der Waals surface area (Å²) in [7, 11) is 0. The Hall–Kier alpha value is -1.35. The molecule has 1 aromatic carbocycles. The van der Waals surface area contributed by atoms with Crippen LogP contribution in [0.3, 0.4) is 0 Å². The second-order valence-corrected chi connectivity index (χ2v) is 4.42. The molecule has 0 aliphatic heterocycles. The maximum Gasteiger partial charge on any atom is 0.222 e. The van der Waals surface area contributed by atoms with Crippen molar-refractivity contribution < 1.29 is 4.79 Å². The van der Waals surface area contributed by atoms with Gasteiger partial charge >= 0.3 is 0 Å². The van der Waals surface area contributed by atoms with Crippen molar-refractivity contribution in [3.8, 4) is 0 Å². The minimum Gasteiger partial charge on any atom is -0.369 e. The number of hydrogen-bond donors (Lipinski definition) is 2. The van der Waals surface area contributed by atoms with Gasteiger partial charge in [0, 0.05) is 6.54 Å². The molecular weight excluding hydrogens is 200 g/mol. The topological polar surface area (TPSA) is 69.1 Å². The van der Waals surface area contributed by atoms with E-state index < -0.39 is 0 Å². The van der Waals surface area contributed by atoms with E-state index in [1.54, 1.807) is 0 Å². The number of rotatable bonds is 4. The van der Waals surface area contributed by atoms with E-state index in [1.807, 2.05) is 0 Å². The Morgan fingerprint density at radius 2 is 1.75 bits per heavy atom. The first-order chi connectivity index (χ1) is 7.45. The largest absolute Gasteiger partial charge is 0.369 e. The molecule has 1 aromatic rings. The van der Waals surface area contributed by atoms with Gasteiger partial charge in [0.2, 0.25) is 5.91 Å². The van der Waals surface area contributed by atoms with E-state index in [9.17, 15) is 4.79 Å². The fourth-order valence-electron chi connectivity index (χ4n) is 2.08. The number of carbonyl (C=O) groups excluding carboxylic acids is 1. The third-order valence-corrected chi connectivity index (χ3v) is 2.98. The minimum absolute atomic E-state index is 0.264. The Labute approximate surface area is 96.8 Å². The molecule has 0 bridgehead atoms. The van der Waals surface area contributed by atoms with Gasteiger partial charge in [-0.2, -0.15) is 0 Å². The van der Waals surface area contributed by atoms with Crippen LogP contribution in [0.15, 0.2) is 12.1 Å². The normalized spacial score (nSPS) is 12.5. The van der Waals surface area contributed by atoms with Gasteiger partial charge in [-0.25, -0.2) is 0 Å². The number of hydrogen-bond acceptors (Lipinski definition) is 2. The molecule has 1 atom stereocenters. The molecule has 0 aliphatic rings. The van der Waals surface area contributed by atoms with Crippen LogP contribution in [0.1, 0.15) is 22.3 Å². The van der Waals surface area contributed by atoms with Crippen molar-refractivity contribution in [1.29, 1.82) is 0 Å². The molecule has 0 saturated carbocycles. The summed E-state index contributed by atoms with van der Waals surface area (Å²) in [5, 5.41) is 0. The van der Waals surface area contributed by atoms with Crippen LogP contribution in [-0.4, -0.2) is 12.5 Å². The van der Waals surface area contributed by atoms with Crippen LogP contribution in [-0.2, 0) is 11.2 Å². The zero-order valence-corrected chi connectivity index (χ0v) is 10.2. The van der Waals surface area contributed by atoms with E-state index in [1.165, 1.54) is 22.3 Å². The van der Waals surface area contributed by atoms with Crippen molar-refractivity contribution in [2.45, 2.75) is 27.2 Å². The van der Waals surface area contributed by atoms with Crippen LogP contribution < -0.4 is 11.5 Å². The molecule has 0 aromatic heterocycles. The second-order valence-electron chi connectivity index (χ2n) is 4.42. The molecule has 88 valence electrons. The summed E-state index contributed by atoms with van der Waals surface area (Å²) in [6.45, 7) is 6.49. The molecule has 16 heavy (non-hydrogen) atoms. The maximum atomic E-state index is 11.2. The van der Waals surface area contributed by atoms with Gasteiger partial charge in [-0.05, 0) is 43.9 Å². The standard InChI is InChI=1S/C13H20N2O/c1-8-4-9(2)12(10(3)5-8)6-11(7-14)13(15)16/h4-5,11H,6-7,14H2,1-3H3,(H2,15,16). The van der Waals surface area contributed by atoms with Crippen LogP contribution in [0.5, 0.6) is 0 Å². The average molecular weight is 220 g/mol. The molecule has 1 amide bonds. The lowest BCUT2D eigenvalue weighted by Crippen LogP contribution is -2.31. The van der Waals surface area contributed by atoms with Gasteiger partial charge in [0.05, 0.1) is 5.92 Å². The van der Waals surface area contributed by atoms with Gasteiger partial charge in [0.1, 0.15) is 0 Å². The summed E-state index contributed by atoms with van der Waals surface area (Å²) in [4.78, 5) is 11.2. The molecule has 3 heteroatoms. The Kier molecular flexibility index (Phi) is 4.07. The fraction of sp³-hybridized carbons (Fsp3) is 0.462. The highest BCUT2D eigenvalue weighted by Gasteiger charge is 2.16. The van der Waals surface area contributed by atoms with E-state index in [-0.39, 0.29) is 11.8 Å². The molecule has 0 aliphatic carbocycles. The summed E-state index contributed by atoms with van der Waals surface area (Å²) < 4.78 is 0. The van der Waals surface area contributed by atoms with Crippen LogP contribution in [0.2, 0.25) is 0 Å². The van der Waals surface area contributed by atoms with Gasteiger partial charge in [0.15, 0.2) is 0 Å². The summed E-state index contributed by atoms with van der Waals surface area (Å²) >= 11 is 0. The number of benzene rings is 1. The lowest BCUT2D eigenvalue weighted by atomic mass is 9.91. The molecule has 0 radical (unpaired) electrons. The summed E-state index contributed by atoms with van der Waals surface area (Å²) in [6.07, 6.45) is 0.643. The number of primary amides is 1. The number of aryl methyl sites for hydroxylation is 3. The van der Waals surface area contributed by atoms with Crippen molar-refractivity contribution in [1.82, 2.24) is 0 Å². The van der Waals surface area contributed by atoms with Crippen molar-refractivity contribution in [3.63, 3.8) is 0 Å². The zero-order valence-electron chi connectivity index (χ0n) is 10.2. The molecule has 3 nitrogen and oxygen atoms in total. The number of nitrogens with two attached hydrogens (primary N) is 2. The third kappa shape index (κ3) is 2.83. The Balaban J connectivity index is 3.01. The lowest BCUT2D eigenvalue weighted by Gasteiger charge is -2.15. The Morgan fingerprint density at radius 1 is 1.25 bits per heavy atom. The first-order valence-electron chi connectivity index (χ1n) is 5.51. The van der Waals surface area contributed by atoms with Crippen LogP contribution in [0, 0.1) is 26.7 Å². The van der Waals surface area contributed by atoms with Gasteiger partial charge in [-0.3, -0.25) is 4.79 Å². The van der Waals surface area contributed by atoms with Crippen LogP contribution in [0.25, 0.3) is 0 Å². The molecule has 0 heterocycles. The maximum absolute atomic E-state index is 11.2. The Morgan fingerprint density at radius 3 is 2.12 bits per heavy atom. The smallest absolute Gasteiger partial charge is 0.222 e. The van der Waals surface area contributed by atoms with E-state index in [0.717, 1.165) is 0 Å².